The van der Waals surface area contributed by atoms with E-state index in [0.29, 0.717) is 32.1 Å². The van der Waals surface area contributed by atoms with Gasteiger partial charge in [-0.15, -0.1) is 11.3 Å². The van der Waals surface area contributed by atoms with Gasteiger partial charge in [-0.25, -0.2) is 22.8 Å². The minimum absolute atomic E-state index is 0.260. The van der Waals surface area contributed by atoms with Crippen LogP contribution in [0.15, 0.2) is 35.5 Å². The maximum absolute atomic E-state index is 14.1. The van der Waals surface area contributed by atoms with Gasteiger partial charge in [-0.2, -0.15) is 4.31 Å². The van der Waals surface area contributed by atoms with E-state index in [1.807, 2.05) is 0 Å². The standard InChI is InChI=1S/C21H23FN4O2S2/c1-14-6-7-15-17(12-14)29-21-19(15)20(23-13-24-21)25-8-10-26(11-9-25)30(27,28)18-5-3-2-4-16(18)22/h2-5,13-14H,6-12H2,1H3. The summed E-state index contributed by atoms with van der Waals surface area (Å²) in [6.07, 6.45) is 4.90. The summed E-state index contributed by atoms with van der Waals surface area (Å²) in [6.45, 7) is 3.91. The minimum Gasteiger partial charge on any atom is -0.353 e. The predicted molar refractivity (Wildman–Crippen MR) is 116 cm³/mol. The Balaban J connectivity index is 1.41. The quantitative estimate of drug-likeness (QED) is 0.616. The first kappa shape index (κ1) is 19.8. The molecule has 1 saturated heterocycles. The zero-order chi connectivity index (χ0) is 20.9. The average molecular weight is 447 g/mol. The van der Waals surface area contributed by atoms with E-state index < -0.39 is 15.8 Å². The molecule has 30 heavy (non-hydrogen) atoms. The number of anilines is 1. The summed E-state index contributed by atoms with van der Waals surface area (Å²) in [5.74, 6) is 0.876. The fourth-order valence-corrected chi connectivity index (χ4v) is 7.26. The number of thiophene rings is 1. The first-order valence-electron chi connectivity index (χ1n) is 10.2. The molecule has 0 amide bonds. The van der Waals surface area contributed by atoms with Crippen molar-refractivity contribution in [3.8, 4) is 0 Å². The van der Waals surface area contributed by atoms with Crippen molar-refractivity contribution in [2.45, 2.75) is 31.1 Å². The molecule has 1 aliphatic heterocycles. The lowest BCUT2D eigenvalue weighted by atomic mass is 9.89. The number of hydrogen-bond donors (Lipinski definition) is 0. The molecule has 0 N–H and O–H groups in total. The van der Waals surface area contributed by atoms with Gasteiger partial charge in [0.1, 0.15) is 27.7 Å². The molecule has 1 fully saturated rings. The lowest BCUT2D eigenvalue weighted by molar-refractivity contribution is 0.381. The molecule has 0 radical (unpaired) electrons. The van der Waals surface area contributed by atoms with Crippen LogP contribution in [0.5, 0.6) is 0 Å². The molecular formula is C21H23FN4O2S2. The number of nitrogens with zero attached hydrogens (tertiary/aromatic N) is 4. The van der Waals surface area contributed by atoms with E-state index in [4.69, 9.17) is 0 Å². The van der Waals surface area contributed by atoms with Crippen LogP contribution in [0.3, 0.4) is 0 Å². The van der Waals surface area contributed by atoms with Gasteiger partial charge in [0, 0.05) is 31.1 Å². The van der Waals surface area contributed by atoms with Crippen molar-refractivity contribution in [3.05, 3.63) is 46.9 Å². The van der Waals surface area contributed by atoms with Crippen LogP contribution < -0.4 is 4.90 Å². The molecule has 0 spiro atoms. The van der Waals surface area contributed by atoms with Crippen LogP contribution >= 0.6 is 11.3 Å². The second-order valence-corrected chi connectivity index (χ2v) is 11.0. The van der Waals surface area contributed by atoms with Crippen molar-refractivity contribution < 1.29 is 12.8 Å². The Morgan fingerprint density at radius 3 is 2.67 bits per heavy atom. The molecule has 9 heteroatoms. The van der Waals surface area contributed by atoms with Crippen molar-refractivity contribution in [1.29, 1.82) is 0 Å². The number of sulfonamides is 1. The summed E-state index contributed by atoms with van der Waals surface area (Å²) in [5, 5.41) is 1.13. The van der Waals surface area contributed by atoms with Gasteiger partial charge in [0.25, 0.3) is 0 Å². The maximum Gasteiger partial charge on any atom is 0.246 e. The fourth-order valence-electron chi connectivity index (χ4n) is 4.43. The highest BCUT2D eigenvalue weighted by Gasteiger charge is 2.32. The molecule has 1 aliphatic carbocycles. The van der Waals surface area contributed by atoms with Crippen molar-refractivity contribution in [3.63, 3.8) is 0 Å². The Kier molecular flexibility index (Phi) is 4.99. The topological polar surface area (TPSA) is 66.4 Å². The molecular weight excluding hydrogens is 423 g/mol. The normalized spacial score (nSPS) is 20.5. The largest absolute Gasteiger partial charge is 0.353 e. The Hall–Kier alpha value is -2.10. The number of aryl methyl sites for hydroxylation is 1. The molecule has 0 bridgehead atoms. The van der Waals surface area contributed by atoms with Crippen LogP contribution in [0, 0.1) is 11.7 Å². The van der Waals surface area contributed by atoms with E-state index in [2.05, 4.69) is 21.8 Å². The Morgan fingerprint density at radius 2 is 1.90 bits per heavy atom. The van der Waals surface area contributed by atoms with Crippen LogP contribution in [0.4, 0.5) is 10.2 Å². The SMILES string of the molecule is CC1CCc2c(sc3ncnc(N4CCN(S(=O)(=O)c5ccccc5F)CC4)c23)C1. The highest BCUT2D eigenvalue weighted by molar-refractivity contribution is 7.89. The second kappa shape index (κ2) is 7.55. The lowest BCUT2D eigenvalue weighted by Crippen LogP contribution is -2.49. The van der Waals surface area contributed by atoms with Crippen molar-refractivity contribution in [2.75, 3.05) is 31.1 Å². The number of hydrogen-bond acceptors (Lipinski definition) is 6. The number of piperazine rings is 1. The van der Waals surface area contributed by atoms with E-state index in [1.54, 1.807) is 23.7 Å². The first-order valence-corrected chi connectivity index (χ1v) is 12.5. The number of benzene rings is 1. The summed E-state index contributed by atoms with van der Waals surface area (Å²) in [5.41, 5.74) is 1.37. The van der Waals surface area contributed by atoms with E-state index in [0.717, 1.165) is 28.9 Å². The molecule has 1 unspecified atom stereocenters. The van der Waals surface area contributed by atoms with Crippen LogP contribution in [0.1, 0.15) is 23.8 Å². The number of aromatic nitrogens is 2. The summed E-state index contributed by atoms with van der Waals surface area (Å²) in [7, 11) is -3.85. The van der Waals surface area contributed by atoms with Gasteiger partial charge in [-0.3, -0.25) is 0 Å². The third-order valence-corrected chi connectivity index (χ3v) is 9.16. The Labute approximate surface area is 179 Å². The molecule has 0 saturated carbocycles. The van der Waals surface area contributed by atoms with Gasteiger partial charge in [0.2, 0.25) is 10.0 Å². The fraction of sp³-hybridized carbons (Fsp3) is 0.429. The summed E-state index contributed by atoms with van der Waals surface area (Å²) < 4.78 is 41.2. The van der Waals surface area contributed by atoms with Crippen LogP contribution in [0.25, 0.3) is 10.2 Å². The third kappa shape index (κ3) is 3.29. The monoisotopic (exact) mass is 446 g/mol. The molecule has 1 atom stereocenters. The maximum atomic E-state index is 14.1. The highest BCUT2D eigenvalue weighted by atomic mass is 32.2. The van der Waals surface area contributed by atoms with Gasteiger partial charge < -0.3 is 4.90 Å². The molecule has 158 valence electrons. The van der Waals surface area contributed by atoms with E-state index in [1.165, 1.54) is 39.4 Å². The van der Waals surface area contributed by atoms with Crippen LogP contribution in [0.2, 0.25) is 0 Å². The highest BCUT2D eigenvalue weighted by Crippen LogP contribution is 2.40. The van der Waals surface area contributed by atoms with E-state index >= 15 is 0 Å². The number of fused-ring (bicyclic) bond motifs is 3. The third-order valence-electron chi connectivity index (χ3n) is 6.06. The van der Waals surface area contributed by atoms with Crippen LogP contribution in [-0.2, 0) is 22.9 Å². The smallest absolute Gasteiger partial charge is 0.246 e. The lowest BCUT2D eigenvalue weighted by Gasteiger charge is -2.35. The molecule has 6 nitrogen and oxygen atoms in total. The van der Waals surface area contributed by atoms with Gasteiger partial charge in [-0.1, -0.05) is 19.1 Å². The molecule has 1 aromatic carbocycles. The molecule has 2 aliphatic rings. The van der Waals surface area contributed by atoms with E-state index in [9.17, 15) is 12.8 Å². The second-order valence-electron chi connectivity index (χ2n) is 8.05. The summed E-state index contributed by atoms with van der Waals surface area (Å²) >= 11 is 1.76. The van der Waals surface area contributed by atoms with Gasteiger partial charge in [0.05, 0.1) is 5.39 Å². The number of halogens is 1. The van der Waals surface area contributed by atoms with Gasteiger partial charge in [0.15, 0.2) is 0 Å². The first-order chi connectivity index (χ1) is 14.4. The summed E-state index contributed by atoms with van der Waals surface area (Å²) in [6, 6.07) is 5.55. The zero-order valence-corrected chi connectivity index (χ0v) is 18.3. The molecule has 3 aromatic rings. The minimum atomic E-state index is -3.85. The average Bonchev–Trinajstić information content (AvgIpc) is 3.11. The van der Waals surface area contributed by atoms with Crippen LogP contribution in [-0.4, -0.2) is 48.9 Å². The predicted octanol–water partition coefficient (Wildman–Crippen LogP) is 3.47. The zero-order valence-electron chi connectivity index (χ0n) is 16.7. The summed E-state index contributed by atoms with van der Waals surface area (Å²) in [4.78, 5) is 13.4. The van der Waals surface area contributed by atoms with Crippen molar-refractivity contribution in [1.82, 2.24) is 14.3 Å². The van der Waals surface area contributed by atoms with E-state index in [-0.39, 0.29) is 4.90 Å². The Bertz CT molecular complexity index is 1200. The molecule has 2 aromatic heterocycles. The van der Waals surface area contributed by atoms with Gasteiger partial charge >= 0.3 is 0 Å². The Morgan fingerprint density at radius 1 is 1.13 bits per heavy atom. The van der Waals surface area contributed by atoms with Crippen molar-refractivity contribution in [2.24, 2.45) is 5.92 Å². The molecule has 5 rings (SSSR count). The number of rotatable bonds is 3. The molecule has 3 heterocycles. The van der Waals surface area contributed by atoms with Crippen molar-refractivity contribution >= 4 is 37.4 Å². The van der Waals surface area contributed by atoms with Gasteiger partial charge in [-0.05, 0) is 42.9 Å².